The predicted octanol–water partition coefficient (Wildman–Crippen LogP) is 4.03. The Labute approximate surface area is 127 Å². The van der Waals surface area contributed by atoms with Gasteiger partial charge in [-0.05, 0) is 47.6 Å². The zero-order chi connectivity index (χ0) is 13.4. The van der Waals surface area contributed by atoms with E-state index in [1.165, 1.54) is 0 Å². The average Bonchev–Trinajstić information content (AvgIpc) is 2.27. The fraction of sp³-hybridized carbons (Fsp3) is 1.00. The molecule has 0 radical (unpaired) electrons. The Hall–Kier alpha value is 1.81. The third-order valence-corrected chi connectivity index (χ3v) is 5.09. The molecule has 1 N–H and O–H groups in total. The predicted molar refractivity (Wildman–Crippen MR) is 94.4 cm³/mol. The summed E-state index contributed by atoms with van der Waals surface area (Å²) < 4.78 is 2.28. The lowest BCUT2D eigenvalue weighted by molar-refractivity contribution is 0.124. The first kappa shape index (κ1) is 17.8. The van der Waals surface area contributed by atoms with Gasteiger partial charge >= 0.3 is 0 Å². The van der Waals surface area contributed by atoms with Crippen molar-refractivity contribution in [3.63, 3.8) is 0 Å². The molecule has 5 heteroatoms. The third-order valence-electron chi connectivity index (χ3n) is 4.56. The van der Waals surface area contributed by atoms with Crippen LogP contribution in [0.5, 0.6) is 0 Å². The van der Waals surface area contributed by atoms with Crippen LogP contribution < -0.4 is 5.32 Å². The summed E-state index contributed by atoms with van der Waals surface area (Å²) in [4.78, 5) is 0. The van der Waals surface area contributed by atoms with Crippen molar-refractivity contribution in [2.45, 2.75) is 58.2 Å². The number of halogens is 2. The highest BCUT2D eigenvalue weighted by molar-refractivity contribution is 15.0. The zero-order valence-corrected chi connectivity index (χ0v) is 16.8. The van der Waals surface area contributed by atoms with E-state index in [1.54, 1.807) is 0 Å². The summed E-state index contributed by atoms with van der Waals surface area (Å²) in [5.41, 5.74) is 0.497. The molecule has 0 aliphatic carbocycles. The molecule has 2 nitrogen and oxygen atoms in total. The minimum Gasteiger partial charge on any atom is -0.305 e. The molecule has 1 fully saturated rings. The van der Waals surface area contributed by atoms with Gasteiger partial charge in [-0.3, -0.25) is 4.67 Å². The number of likely N-dealkylation sites (N-methyl/N-ethyl adjacent to an activating group) is 1. The molecule has 98 valence electrons. The monoisotopic (exact) mass is 470 g/mol. The van der Waals surface area contributed by atoms with Crippen molar-refractivity contribution in [1.82, 2.24) is 9.99 Å². The van der Waals surface area contributed by atoms with Gasteiger partial charge in [0.25, 0.3) is 0 Å². The van der Waals surface area contributed by atoms with Crippen molar-refractivity contribution in [2.24, 2.45) is 5.92 Å². The SMILES string of the molecule is CC1C(C)(C)NC(C)(C)C1(C)N(C)P.II. The Balaban J connectivity index is 0.00000106. The third kappa shape index (κ3) is 2.86. The first-order valence-corrected chi connectivity index (χ1v) is 12.3. The zero-order valence-electron chi connectivity index (χ0n) is 11.4. The smallest absolute Gasteiger partial charge is 0.0429 e. The van der Waals surface area contributed by atoms with Crippen molar-refractivity contribution in [2.75, 3.05) is 7.05 Å². The minimum absolute atomic E-state index is 0.131. The summed E-state index contributed by atoms with van der Waals surface area (Å²) >= 11 is 4.24. The lowest BCUT2D eigenvalue weighted by Gasteiger charge is -2.46. The van der Waals surface area contributed by atoms with Crippen LogP contribution in [0.1, 0.15) is 41.5 Å². The van der Waals surface area contributed by atoms with Crippen molar-refractivity contribution >= 4 is 46.6 Å². The summed E-state index contributed by atoms with van der Waals surface area (Å²) in [7, 11) is 4.97. The molecule has 0 aromatic heterocycles. The molecule has 1 saturated heterocycles. The second-order valence-corrected chi connectivity index (χ2v) is 6.73. The van der Waals surface area contributed by atoms with E-state index in [1.807, 2.05) is 0 Å². The van der Waals surface area contributed by atoms with Gasteiger partial charge in [-0.15, -0.1) is 0 Å². The largest absolute Gasteiger partial charge is 0.305 e. The highest BCUT2D eigenvalue weighted by atomic mass is 128. The molecule has 1 aliphatic heterocycles. The van der Waals surface area contributed by atoms with Crippen LogP contribution in [-0.4, -0.2) is 28.3 Å². The lowest BCUT2D eigenvalue weighted by atomic mass is 9.73. The van der Waals surface area contributed by atoms with E-state index in [9.17, 15) is 0 Å². The molecule has 0 bridgehead atoms. The Morgan fingerprint density at radius 2 is 1.50 bits per heavy atom. The number of hydrogen-bond acceptors (Lipinski definition) is 2. The van der Waals surface area contributed by atoms with Gasteiger partial charge < -0.3 is 5.32 Å². The van der Waals surface area contributed by atoms with Crippen LogP contribution in [0.25, 0.3) is 0 Å². The van der Waals surface area contributed by atoms with Gasteiger partial charge in [0.15, 0.2) is 0 Å². The van der Waals surface area contributed by atoms with E-state index in [0.29, 0.717) is 5.92 Å². The fourth-order valence-electron chi connectivity index (χ4n) is 3.03. The number of rotatable bonds is 1. The summed E-state index contributed by atoms with van der Waals surface area (Å²) in [6.45, 7) is 13.8. The molecular weight excluding hydrogens is 445 g/mol. The van der Waals surface area contributed by atoms with Crippen LogP contribution in [-0.2, 0) is 0 Å². The molecule has 0 saturated carbocycles. The van der Waals surface area contributed by atoms with E-state index >= 15 is 0 Å². The van der Waals surface area contributed by atoms with E-state index in [2.05, 4.69) is 105 Å². The molecule has 3 unspecified atom stereocenters. The van der Waals surface area contributed by atoms with Crippen molar-refractivity contribution in [3.8, 4) is 0 Å². The topological polar surface area (TPSA) is 15.3 Å². The Bertz CT molecular complexity index is 244. The van der Waals surface area contributed by atoms with Crippen LogP contribution in [0, 0.1) is 5.92 Å². The molecule has 0 aromatic rings. The van der Waals surface area contributed by atoms with Crippen LogP contribution in [0.3, 0.4) is 0 Å². The highest BCUT2D eigenvalue weighted by Gasteiger charge is 2.59. The lowest BCUT2D eigenvalue weighted by Crippen LogP contribution is -2.58. The fourth-order valence-corrected chi connectivity index (χ4v) is 3.58. The molecule has 1 aliphatic rings. The quantitative estimate of drug-likeness (QED) is 0.460. The number of nitrogens with one attached hydrogen (secondary N) is 1. The molecule has 1 rings (SSSR count). The van der Waals surface area contributed by atoms with Crippen molar-refractivity contribution in [1.29, 1.82) is 0 Å². The van der Waals surface area contributed by atoms with E-state index in [-0.39, 0.29) is 16.6 Å². The second kappa shape index (κ2) is 5.85. The Kier molecular flexibility index (Phi) is 6.51. The van der Waals surface area contributed by atoms with Gasteiger partial charge in [0.2, 0.25) is 0 Å². The summed E-state index contributed by atoms with van der Waals surface area (Å²) in [5, 5.41) is 3.74. The number of hydrogen-bond donors (Lipinski definition) is 1. The molecule has 0 aromatic carbocycles. The summed E-state index contributed by atoms with van der Waals surface area (Å²) in [6, 6.07) is 0. The molecular formula is C11H25I2N2P. The molecule has 1 heterocycles. The van der Waals surface area contributed by atoms with Gasteiger partial charge in [-0.25, -0.2) is 0 Å². The van der Waals surface area contributed by atoms with Crippen LogP contribution in [0.2, 0.25) is 0 Å². The van der Waals surface area contributed by atoms with E-state index in [4.69, 9.17) is 0 Å². The van der Waals surface area contributed by atoms with Crippen molar-refractivity contribution < 1.29 is 0 Å². The van der Waals surface area contributed by atoms with Crippen LogP contribution >= 0.6 is 46.6 Å². The maximum absolute atomic E-state index is 3.74. The first-order valence-electron chi connectivity index (χ1n) is 5.48. The first-order chi connectivity index (χ1) is 7.06. The van der Waals surface area contributed by atoms with Gasteiger partial charge in [0, 0.05) is 53.8 Å². The maximum Gasteiger partial charge on any atom is 0.0429 e. The maximum atomic E-state index is 3.74. The second-order valence-electron chi connectivity index (χ2n) is 5.95. The summed E-state index contributed by atoms with van der Waals surface area (Å²) in [6.07, 6.45) is 0. The van der Waals surface area contributed by atoms with E-state index < -0.39 is 0 Å². The Morgan fingerprint density at radius 3 is 1.62 bits per heavy atom. The van der Waals surface area contributed by atoms with Crippen LogP contribution in [0.15, 0.2) is 0 Å². The Morgan fingerprint density at radius 1 is 1.12 bits per heavy atom. The minimum atomic E-state index is 0.131. The number of nitrogens with zero attached hydrogens (tertiary/aromatic N) is 1. The van der Waals surface area contributed by atoms with Crippen LogP contribution in [0.4, 0.5) is 0 Å². The van der Waals surface area contributed by atoms with Crippen molar-refractivity contribution in [3.05, 3.63) is 0 Å². The van der Waals surface area contributed by atoms with Gasteiger partial charge in [-0.1, -0.05) is 16.3 Å². The highest BCUT2D eigenvalue weighted by Crippen LogP contribution is 2.48. The normalized spacial score (nSPS) is 35.8. The standard InChI is InChI=1S/C11H25N2P.I2/c1-8-9(2,3)12-10(4,5)11(8,6)13(7)14;1-2/h8,12H,14H2,1-7H3;. The van der Waals surface area contributed by atoms with E-state index in [0.717, 1.165) is 0 Å². The summed E-state index contributed by atoms with van der Waals surface area (Å²) in [5.74, 6) is 0.604. The van der Waals surface area contributed by atoms with Gasteiger partial charge in [0.05, 0.1) is 0 Å². The van der Waals surface area contributed by atoms with Gasteiger partial charge in [-0.2, -0.15) is 0 Å². The van der Waals surface area contributed by atoms with Gasteiger partial charge in [0.1, 0.15) is 0 Å². The molecule has 0 spiro atoms. The molecule has 3 atom stereocenters. The molecule has 16 heavy (non-hydrogen) atoms. The average molecular weight is 470 g/mol. The molecule has 0 amide bonds.